The molecule has 0 bridgehead atoms. The number of nitrogens with zero attached hydrogens (tertiary/aromatic N) is 1. The number of hydrogen-bond donors (Lipinski definition) is 3. The van der Waals surface area contributed by atoms with E-state index in [0.29, 0.717) is 24.4 Å². The third-order valence-corrected chi connectivity index (χ3v) is 4.83. The summed E-state index contributed by atoms with van der Waals surface area (Å²) in [5.74, 6) is -0.00811. The van der Waals surface area contributed by atoms with Crippen LogP contribution in [0.25, 0.3) is 11.0 Å². The van der Waals surface area contributed by atoms with Crippen molar-refractivity contribution in [2.75, 3.05) is 6.54 Å². The number of imidazole rings is 1. The normalized spacial score (nSPS) is 14.3. The lowest BCUT2D eigenvalue weighted by molar-refractivity contribution is 0.0907. The Hall–Kier alpha value is -2.73. The van der Waals surface area contributed by atoms with E-state index in [0.717, 1.165) is 28.7 Å². The van der Waals surface area contributed by atoms with Gasteiger partial charge >= 0.3 is 0 Å². The Labute approximate surface area is 151 Å². The number of aromatic amines is 1. The van der Waals surface area contributed by atoms with Gasteiger partial charge in [-0.3, -0.25) is 4.79 Å². The predicted octanol–water partition coefficient (Wildman–Crippen LogP) is 3.01. The van der Waals surface area contributed by atoms with E-state index < -0.39 is 5.54 Å². The molecule has 6 heteroatoms. The summed E-state index contributed by atoms with van der Waals surface area (Å²) in [7, 11) is 0. The van der Waals surface area contributed by atoms with Gasteiger partial charge in [-0.1, -0.05) is 12.1 Å². The highest BCUT2D eigenvalue weighted by molar-refractivity contribution is 5.96. The average Bonchev–Trinajstić information content (AvgIpc) is 3.06. The number of carbonyl (C=O) groups excluding carboxylic acids is 1. The molecule has 134 valence electrons. The maximum atomic E-state index is 14.0. The van der Waals surface area contributed by atoms with Crippen LogP contribution in [0, 0.1) is 5.82 Å². The second kappa shape index (κ2) is 6.21. The van der Waals surface area contributed by atoms with E-state index >= 15 is 0 Å². The highest BCUT2D eigenvalue weighted by Crippen LogP contribution is 2.24. The summed E-state index contributed by atoms with van der Waals surface area (Å²) in [4.78, 5) is 20.8. The second-order valence-corrected chi connectivity index (χ2v) is 7.20. The minimum atomic E-state index is -0.720. The lowest BCUT2D eigenvalue weighted by Crippen LogP contribution is -2.42. The molecule has 1 amide bonds. The topological polar surface area (TPSA) is 69.8 Å². The Morgan fingerprint density at radius 3 is 2.88 bits per heavy atom. The molecule has 0 unspecified atom stereocenters. The van der Waals surface area contributed by atoms with Crippen LogP contribution in [0.3, 0.4) is 0 Å². The summed E-state index contributed by atoms with van der Waals surface area (Å²) in [5.41, 5.74) is 3.22. The molecule has 0 fully saturated rings. The van der Waals surface area contributed by atoms with Crippen LogP contribution in [0.1, 0.15) is 41.2 Å². The molecule has 4 rings (SSSR count). The van der Waals surface area contributed by atoms with Gasteiger partial charge in [-0.05, 0) is 62.2 Å². The molecule has 3 aromatic rings. The average molecular weight is 352 g/mol. The fourth-order valence-corrected chi connectivity index (χ4v) is 3.44. The number of nitrogens with one attached hydrogen (secondary N) is 3. The van der Waals surface area contributed by atoms with Crippen molar-refractivity contribution >= 4 is 16.9 Å². The van der Waals surface area contributed by atoms with Crippen LogP contribution in [-0.4, -0.2) is 22.4 Å². The first-order valence-corrected chi connectivity index (χ1v) is 8.74. The largest absolute Gasteiger partial charge is 0.340 e. The lowest BCUT2D eigenvalue weighted by atomic mass is 9.94. The van der Waals surface area contributed by atoms with Crippen molar-refractivity contribution in [3.8, 4) is 0 Å². The van der Waals surface area contributed by atoms with Crippen LogP contribution < -0.4 is 10.6 Å². The lowest BCUT2D eigenvalue weighted by Gasteiger charge is -2.26. The monoisotopic (exact) mass is 352 g/mol. The molecule has 1 aromatic heterocycles. The van der Waals surface area contributed by atoms with Crippen molar-refractivity contribution in [1.29, 1.82) is 0 Å². The van der Waals surface area contributed by atoms with E-state index in [2.05, 4.69) is 20.6 Å². The first kappa shape index (κ1) is 16.7. The number of benzene rings is 2. The fraction of sp³-hybridized carbons (Fsp3) is 0.300. The zero-order valence-electron chi connectivity index (χ0n) is 14.8. The fourth-order valence-electron chi connectivity index (χ4n) is 3.44. The van der Waals surface area contributed by atoms with Gasteiger partial charge in [0.25, 0.3) is 5.91 Å². The van der Waals surface area contributed by atoms with E-state index in [1.807, 2.05) is 38.1 Å². The minimum absolute atomic E-state index is 0.284. The van der Waals surface area contributed by atoms with Gasteiger partial charge in [0, 0.05) is 12.1 Å². The van der Waals surface area contributed by atoms with Crippen LogP contribution in [0.2, 0.25) is 0 Å². The molecule has 0 saturated carbocycles. The van der Waals surface area contributed by atoms with Gasteiger partial charge in [-0.2, -0.15) is 0 Å². The summed E-state index contributed by atoms with van der Waals surface area (Å²) in [5, 5.41) is 6.22. The summed E-state index contributed by atoms with van der Waals surface area (Å²) in [6.45, 7) is 5.14. The zero-order chi connectivity index (χ0) is 18.3. The Kier molecular flexibility index (Phi) is 4.00. The van der Waals surface area contributed by atoms with Crippen molar-refractivity contribution in [2.45, 2.75) is 32.4 Å². The van der Waals surface area contributed by atoms with E-state index in [1.165, 1.54) is 12.1 Å². The quantitative estimate of drug-likeness (QED) is 0.679. The molecule has 5 nitrogen and oxygen atoms in total. The smallest absolute Gasteiger partial charge is 0.252 e. The number of amides is 1. The van der Waals surface area contributed by atoms with Gasteiger partial charge < -0.3 is 15.6 Å². The highest BCUT2D eigenvalue weighted by atomic mass is 19.1. The molecule has 3 N–H and O–H groups in total. The standard InChI is InChI=1S/C20H21FN4O/c1-20(2,19-23-16-5-3-4-6-17(16)24-19)25-18(26)15-10-13(21)9-12-11-22-8-7-14(12)15/h3-6,9-10,22H,7-8,11H2,1-2H3,(H,23,24)(H,25,26). The van der Waals surface area contributed by atoms with Gasteiger partial charge in [0.1, 0.15) is 11.6 Å². The van der Waals surface area contributed by atoms with Crippen LogP contribution >= 0.6 is 0 Å². The van der Waals surface area contributed by atoms with Crippen molar-refractivity contribution in [1.82, 2.24) is 20.6 Å². The Morgan fingerprint density at radius 2 is 2.08 bits per heavy atom. The Bertz CT molecular complexity index is 960. The number of fused-ring (bicyclic) bond motifs is 2. The SMILES string of the molecule is CC(C)(NC(=O)c1cc(F)cc2c1CCNC2)c1nc2ccccc2[nH]1. The van der Waals surface area contributed by atoms with Crippen LogP contribution in [0.4, 0.5) is 4.39 Å². The van der Waals surface area contributed by atoms with Crippen molar-refractivity contribution in [3.05, 3.63) is 64.7 Å². The Morgan fingerprint density at radius 1 is 1.27 bits per heavy atom. The number of H-pyrrole nitrogens is 1. The Balaban J connectivity index is 1.66. The summed E-state index contributed by atoms with van der Waals surface area (Å²) >= 11 is 0. The maximum absolute atomic E-state index is 14.0. The van der Waals surface area contributed by atoms with E-state index in [-0.39, 0.29) is 11.7 Å². The number of hydrogen-bond acceptors (Lipinski definition) is 3. The van der Waals surface area contributed by atoms with Crippen LogP contribution in [0.5, 0.6) is 0 Å². The molecule has 0 radical (unpaired) electrons. The maximum Gasteiger partial charge on any atom is 0.252 e. The molecule has 0 saturated heterocycles. The third kappa shape index (κ3) is 2.97. The summed E-state index contributed by atoms with van der Waals surface area (Å²) in [6.07, 6.45) is 0.712. The second-order valence-electron chi connectivity index (χ2n) is 7.20. The van der Waals surface area contributed by atoms with E-state index in [9.17, 15) is 9.18 Å². The zero-order valence-corrected chi connectivity index (χ0v) is 14.8. The van der Waals surface area contributed by atoms with Crippen LogP contribution in [0.15, 0.2) is 36.4 Å². The van der Waals surface area contributed by atoms with Gasteiger partial charge in [0.05, 0.1) is 16.6 Å². The molecule has 0 spiro atoms. The molecule has 0 atom stereocenters. The number of rotatable bonds is 3. The number of carbonyl (C=O) groups is 1. The molecule has 2 aromatic carbocycles. The number of para-hydroxylation sites is 2. The van der Waals surface area contributed by atoms with Gasteiger partial charge in [0.2, 0.25) is 0 Å². The van der Waals surface area contributed by atoms with E-state index in [1.54, 1.807) is 0 Å². The minimum Gasteiger partial charge on any atom is -0.340 e. The first-order valence-electron chi connectivity index (χ1n) is 8.74. The van der Waals surface area contributed by atoms with Gasteiger partial charge in [-0.15, -0.1) is 0 Å². The molecule has 2 heterocycles. The predicted molar refractivity (Wildman–Crippen MR) is 98.4 cm³/mol. The third-order valence-electron chi connectivity index (χ3n) is 4.83. The van der Waals surface area contributed by atoms with Gasteiger partial charge in [0.15, 0.2) is 0 Å². The first-order chi connectivity index (χ1) is 12.4. The summed E-state index contributed by atoms with van der Waals surface area (Å²) < 4.78 is 14.0. The van der Waals surface area contributed by atoms with Crippen molar-refractivity contribution < 1.29 is 9.18 Å². The van der Waals surface area contributed by atoms with Crippen molar-refractivity contribution in [3.63, 3.8) is 0 Å². The number of halogens is 1. The van der Waals surface area contributed by atoms with Crippen molar-refractivity contribution in [2.24, 2.45) is 0 Å². The summed E-state index contributed by atoms with van der Waals surface area (Å²) in [6, 6.07) is 10.5. The molecular weight excluding hydrogens is 331 g/mol. The molecule has 0 aliphatic carbocycles. The number of aromatic nitrogens is 2. The van der Waals surface area contributed by atoms with Crippen LogP contribution in [-0.2, 0) is 18.5 Å². The molecule has 26 heavy (non-hydrogen) atoms. The molecule has 1 aliphatic heterocycles. The molecule has 1 aliphatic rings. The van der Waals surface area contributed by atoms with Gasteiger partial charge in [-0.25, -0.2) is 9.37 Å². The van der Waals surface area contributed by atoms with E-state index in [4.69, 9.17) is 0 Å². The molecular formula is C20H21FN4O. The highest BCUT2D eigenvalue weighted by Gasteiger charge is 2.29.